The molecule has 0 radical (unpaired) electrons. The second-order valence-corrected chi connectivity index (χ2v) is 9.05. The Balaban J connectivity index is 0.000000968. The number of amides is 2. The quantitative estimate of drug-likeness (QED) is 0.616. The fourth-order valence-corrected chi connectivity index (χ4v) is 4.94. The monoisotopic (exact) mass is 478 g/mol. The molecule has 0 saturated carbocycles. The number of rotatable bonds is 4. The fraction of sp³-hybridized carbons (Fsp3) is 0.571. The number of likely N-dealkylation sites (N-methyl/N-ethyl adjacent to an activating group) is 1. The predicted molar refractivity (Wildman–Crippen MR) is 122 cm³/mol. The van der Waals surface area contributed by atoms with Crippen LogP contribution in [0, 0.1) is 12.8 Å². The molecule has 2 amide bonds. The number of carboxylic acid groups (broad SMARTS) is 1. The van der Waals surface area contributed by atoms with Gasteiger partial charge in [-0.25, -0.2) is 4.63 Å². The maximum absolute atomic E-state index is 13.2. The van der Waals surface area contributed by atoms with Crippen LogP contribution in [0.2, 0.25) is 0 Å². The number of hydrogen-bond donors (Lipinski definition) is 2. The summed E-state index contributed by atoms with van der Waals surface area (Å²) in [4.78, 5) is 40.2. The van der Waals surface area contributed by atoms with Gasteiger partial charge in [-0.3, -0.25) is 14.4 Å². The van der Waals surface area contributed by atoms with Crippen molar-refractivity contribution < 1.29 is 24.1 Å². The van der Waals surface area contributed by atoms with Crippen LogP contribution >= 0.6 is 11.3 Å². The van der Waals surface area contributed by atoms with Crippen molar-refractivity contribution in [2.75, 3.05) is 51.2 Å². The molecule has 4 rings (SSSR count). The molecule has 2 aromatic heterocycles. The second kappa shape index (κ2) is 11.8. The number of carbonyl (C=O) groups is 3. The van der Waals surface area contributed by atoms with Crippen molar-refractivity contribution in [3.05, 3.63) is 28.1 Å². The minimum atomic E-state index is -0.250. The molecular formula is C21H30N6O5S. The molecule has 2 aromatic rings. The van der Waals surface area contributed by atoms with E-state index in [0.29, 0.717) is 18.7 Å². The number of aromatic nitrogens is 2. The summed E-state index contributed by atoms with van der Waals surface area (Å²) in [6.45, 7) is 5.89. The van der Waals surface area contributed by atoms with Crippen molar-refractivity contribution >= 4 is 35.4 Å². The predicted octanol–water partition coefficient (Wildman–Crippen LogP) is 0.929. The van der Waals surface area contributed by atoms with Crippen LogP contribution in [0.25, 0.3) is 0 Å². The Morgan fingerprint density at radius 1 is 1.21 bits per heavy atom. The van der Waals surface area contributed by atoms with Crippen LogP contribution < -0.4 is 10.2 Å². The number of piperazine rings is 1. The van der Waals surface area contributed by atoms with Gasteiger partial charge in [0.25, 0.3) is 12.4 Å². The van der Waals surface area contributed by atoms with Crippen LogP contribution in [0.1, 0.15) is 28.9 Å². The van der Waals surface area contributed by atoms with E-state index in [1.165, 1.54) is 11.3 Å². The van der Waals surface area contributed by atoms with Crippen LogP contribution in [-0.4, -0.2) is 95.9 Å². The Labute approximate surface area is 196 Å². The Hall–Kier alpha value is -2.99. The number of anilines is 1. The number of carbonyl (C=O) groups excluding carboxylic acids is 2. The average Bonchev–Trinajstić information content (AvgIpc) is 3.45. The lowest BCUT2D eigenvalue weighted by Gasteiger charge is -2.36. The van der Waals surface area contributed by atoms with E-state index in [4.69, 9.17) is 14.5 Å². The first kappa shape index (κ1) is 24.6. The number of hydrogen-bond acceptors (Lipinski definition) is 9. The summed E-state index contributed by atoms with van der Waals surface area (Å²) in [5, 5.41) is 21.6. The average molecular weight is 479 g/mol. The summed E-state index contributed by atoms with van der Waals surface area (Å²) in [6.07, 6.45) is 1.59. The number of nitrogens with one attached hydrogen (secondary N) is 1. The molecule has 2 aliphatic heterocycles. The molecule has 180 valence electrons. The maximum atomic E-state index is 13.2. The van der Waals surface area contributed by atoms with Crippen LogP contribution in [0.15, 0.2) is 21.5 Å². The van der Waals surface area contributed by atoms with Crippen molar-refractivity contribution in [3.8, 4) is 0 Å². The van der Waals surface area contributed by atoms with Gasteiger partial charge >= 0.3 is 0 Å². The number of thiophene rings is 1. The molecule has 11 nitrogen and oxygen atoms in total. The molecule has 0 aromatic carbocycles. The van der Waals surface area contributed by atoms with E-state index in [0.717, 1.165) is 50.5 Å². The third kappa shape index (κ3) is 6.51. The second-order valence-electron chi connectivity index (χ2n) is 8.27. The molecule has 0 unspecified atom stereocenters. The first-order valence-electron chi connectivity index (χ1n) is 10.8. The van der Waals surface area contributed by atoms with Gasteiger partial charge < -0.3 is 25.1 Å². The third-order valence-electron chi connectivity index (χ3n) is 5.92. The van der Waals surface area contributed by atoms with Crippen molar-refractivity contribution in [2.45, 2.75) is 25.8 Å². The summed E-state index contributed by atoms with van der Waals surface area (Å²) < 4.78 is 4.80. The number of likely N-dealkylation sites (tertiary alicyclic amines) is 1. The van der Waals surface area contributed by atoms with Crippen molar-refractivity contribution in [2.24, 2.45) is 5.92 Å². The molecule has 0 spiro atoms. The van der Waals surface area contributed by atoms with Crippen LogP contribution in [0.4, 0.5) is 5.82 Å². The van der Waals surface area contributed by atoms with E-state index in [1.54, 1.807) is 0 Å². The van der Waals surface area contributed by atoms with Gasteiger partial charge in [-0.1, -0.05) is 5.16 Å². The highest BCUT2D eigenvalue weighted by atomic mass is 32.1. The largest absolute Gasteiger partial charge is 0.483 e. The van der Waals surface area contributed by atoms with Gasteiger partial charge in [-0.15, -0.1) is 0 Å². The zero-order valence-electron chi connectivity index (χ0n) is 18.8. The molecule has 0 aliphatic carbocycles. The van der Waals surface area contributed by atoms with E-state index in [9.17, 15) is 9.59 Å². The molecule has 0 bridgehead atoms. The van der Waals surface area contributed by atoms with E-state index in [2.05, 4.69) is 25.4 Å². The van der Waals surface area contributed by atoms with Crippen LogP contribution in [-0.2, 0) is 9.59 Å². The molecule has 2 N–H and O–H groups in total. The van der Waals surface area contributed by atoms with Gasteiger partial charge in [0.15, 0.2) is 5.82 Å². The normalized spacial score (nSPS) is 21.5. The molecule has 2 fully saturated rings. The van der Waals surface area contributed by atoms with Gasteiger partial charge in [-0.2, -0.15) is 11.3 Å². The zero-order chi connectivity index (χ0) is 23.8. The number of aryl methyl sites for hydroxylation is 1. The Morgan fingerprint density at radius 3 is 2.55 bits per heavy atom. The van der Waals surface area contributed by atoms with Crippen LogP contribution in [0.5, 0.6) is 0 Å². The summed E-state index contributed by atoms with van der Waals surface area (Å²) in [5.41, 5.74) is 1.48. The lowest BCUT2D eigenvalue weighted by Crippen LogP contribution is -2.51. The molecule has 2 atom stereocenters. The summed E-state index contributed by atoms with van der Waals surface area (Å²) in [7, 11) is 2.02. The smallest absolute Gasteiger partial charge is 0.290 e. The third-order valence-corrected chi connectivity index (χ3v) is 6.60. The van der Waals surface area contributed by atoms with Crippen LogP contribution in [0.3, 0.4) is 0 Å². The van der Waals surface area contributed by atoms with Gasteiger partial charge in [0.05, 0.1) is 5.92 Å². The summed E-state index contributed by atoms with van der Waals surface area (Å²) >= 11 is 1.52. The standard InChI is InChI=1S/C20H28N6O3S.CH2O2/c1-14-18(23-29-22-14)25-6-8-26(9-7-25)20(28)15-3-4-17(12-24(2)11-15)21-19(27)16-5-10-30-13-16;2-1-3/h5,10,13,15,17H,3-4,6-9,11-12H2,1-2H3,(H,21,27);1H,(H,2,3)/t15-,17+;/m1./s1. The van der Waals surface area contributed by atoms with Crippen molar-refractivity contribution in [1.29, 1.82) is 0 Å². The van der Waals surface area contributed by atoms with Crippen molar-refractivity contribution in [1.82, 2.24) is 25.4 Å². The van der Waals surface area contributed by atoms with Gasteiger partial charge in [0.2, 0.25) is 5.91 Å². The summed E-state index contributed by atoms with van der Waals surface area (Å²) in [5.74, 6) is 0.898. The SMILES string of the molecule is Cc1nonc1N1CCN(C(=O)[C@@H]2CC[C@H](NC(=O)c3ccsc3)CN(C)C2)CC1.O=CO. The first-order valence-corrected chi connectivity index (χ1v) is 11.8. The molecular weight excluding hydrogens is 448 g/mol. The van der Waals surface area contributed by atoms with Gasteiger partial charge in [-0.05, 0) is 43.4 Å². The minimum absolute atomic E-state index is 0.0341. The minimum Gasteiger partial charge on any atom is -0.483 e. The molecule has 2 saturated heterocycles. The lowest BCUT2D eigenvalue weighted by atomic mass is 9.99. The summed E-state index contributed by atoms with van der Waals surface area (Å²) in [6, 6.07) is 1.89. The highest BCUT2D eigenvalue weighted by Gasteiger charge is 2.32. The Bertz CT molecular complexity index is 912. The molecule has 33 heavy (non-hydrogen) atoms. The Morgan fingerprint density at radius 2 is 1.94 bits per heavy atom. The topological polar surface area (TPSA) is 132 Å². The highest BCUT2D eigenvalue weighted by molar-refractivity contribution is 7.08. The van der Waals surface area contributed by atoms with E-state index < -0.39 is 0 Å². The van der Waals surface area contributed by atoms with Gasteiger partial charge in [0, 0.05) is 56.3 Å². The molecule has 4 heterocycles. The van der Waals surface area contributed by atoms with Gasteiger partial charge in [0.1, 0.15) is 5.69 Å². The van der Waals surface area contributed by atoms with Crippen molar-refractivity contribution in [3.63, 3.8) is 0 Å². The highest BCUT2D eigenvalue weighted by Crippen LogP contribution is 2.22. The maximum Gasteiger partial charge on any atom is 0.290 e. The zero-order valence-corrected chi connectivity index (χ0v) is 19.7. The first-order chi connectivity index (χ1) is 15.9. The molecule has 2 aliphatic rings. The molecule has 12 heteroatoms. The fourth-order valence-electron chi connectivity index (χ4n) is 4.30. The van der Waals surface area contributed by atoms with E-state index in [1.807, 2.05) is 35.7 Å². The lowest BCUT2D eigenvalue weighted by molar-refractivity contribution is -0.136. The van der Waals surface area contributed by atoms with E-state index in [-0.39, 0.29) is 30.2 Å². The number of nitrogens with zero attached hydrogens (tertiary/aromatic N) is 5. The Kier molecular flexibility index (Phi) is 8.78. The van der Waals surface area contributed by atoms with E-state index >= 15 is 0 Å².